The minimum Gasteiger partial charge on any atom is -0.386 e. The maximum Gasteiger partial charge on any atom is 0.143 e. The third-order valence-corrected chi connectivity index (χ3v) is 2.94. The SMILES string of the molecule is CC1(O)CN(c2ncc(Cl)cc2Br)C1. The first-order chi connectivity index (χ1) is 6.48. The standard InChI is InChI=1S/C9H10BrClN2O/c1-9(14)4-13(5-9)8-7(10)2-6(11)3-12-8/h2-3,14H,4-5H2,1H3. The Bertz CT molecular complexity index is 362. The van der Waals surface area contributed by atoms with Gasteiger partial charge in [-0.15, -0.1) is 0 Å². The van der Waals surface area contributed by atoms with Gasteiger partial charge in [-0.05, 0) is 28.9 Å². The lowest BCUT2D eigenvalue weighted by atomic mass is 9.97. The van der Waals surface area contributed by atoms with E-state index in [1.807, 2.05) is 11.8 Å². The lowest BCUT2D eigenvalue weighted by molar-refractivity contribution is 0.0304. The van der Waals surface area contributed by atoms with Gasteiger partial charge in [0.2, 0.25) is 0 Å². The molecule has 0 spiro atoms. The molecule has 1 saturated heterocycles. The molecule has 0 aliphatic carbocycles. The lowest BCUT2D eigenvalue weighted by Crippen LogP contribution is -2.60. The number of hydrogen-bond acceptors (Lipinski definition) is 3. The Kier molecular flexibility index (Phi) is 2.45. The molecule has 0 aromatic carbocycles. The average molecular weight is 278 g/mol. The number of pyridine rings is 1. The number of hydrogen-bond donors (Lipinski definition) is 1. The predicted molar refractivity (Wildman–Crippen MR) is 59.8 cm³/mol. The van der Waals surface area contributed by atoms with Crippen molar-refractivity contribution < 1.29 is 5.11 Å². The molecule has 1 fully saturated rings. The summed E-state index contributed by atoms with van der Waals surface area (Å²) in [5.41, 5.74) is -0.583. The number of β-amino-alcohol motifs (C(OH)–C–C–N with tert-alkyl or cyclic N) is 1. The van der Waals surface area contributed by atoms with Crippen LogP contribution >= 0.6 is 27.5 Å². The molecule has 0 amide bonds. The van der Waals surface area contributed by atoms with Crippen LogP contribution in [0.15, 0.2) is 16.7 Å². The van der Waals surface area contributed by atoms with Gasteiger partial charge in [0, 0.05) is 19.3 Å². The number of rotatable bonds is 1. The van der Waals surface area contributed by atoms with Crippen molar-refractivity contribution in [1.82, 2.24) is 4.98 Å². The molecule has 0 bridgehead atoms. The molecule has 1 aliphatic heterocycles. The maximum absolute atomic E-state index is 9.58. The molecule has 0 saturated carbocycles. The average Bonchev–Trinajstić information content (AvgIpc) is 2.00. The number of aliphatic hydroxyl groups is 1. The van der Waals surface area contributed by atoms with E-state index in [2.05, 4.69) is 20.9 Å². The van der Waals surface area contributed by atoms with Crippen LogP contribution in [0.25, 0.3) is 0 Å². The summed E-state index contributed by atoms with van der Waals surface area (Å²) in [6, 6.07) is 1.80. The fourth-order valence-electron chi connectivity index (χ4n) is 1.57. The largest absolute Gasteiger partial charge is 0.386 e. The van der Waals surface area contributed by atoms with Gasteiger partial charge in [0.1, 0.15) is 5.82 Å². The van der Waals surface area contributed by atoms with Crippen molar-refractivity contribution in [3.8, 4) is 0 Å². The zero-order valence-corrected chi connectivity index (χ0v) is 10.0. The van der Waals surface area contributed by atoms with E-state index in [0.29, 0.717) is 18.1 Å². The fourth-order valence-corrected chi connectivity index (χ4v) is 2.46. The van der Waals surface area contributed by atoms with Gasteiger partial charge in [-0.2, -0.15) is 0 Å². The lowest BCUT2D eigenvalue weighted by Gasteiger charge is -2.45. The minimum atomic E-state index is -0.583. The zero-order chi connectivity index (χ0) is 10.3. The van der Waals surface area contributed by atoms with Crippen LogP contribution in [-0.4, -0.2) is 28.8 Å². The third kappa shape index (κ3) is 1.87. The highest BCUT2D eigenvalue weighted by Crippen LogP contribution is 2.32. The molecule has 2 heterocycles. The second-order valence-corrected chi connectivity index (χ2v) is 5.10. The molecule has 1 aliphatic rings. The van der Waals surface area contributed by atoms with Gasteiger partial charge in [0.15, 0.2) is 0 Å². The molecule has 0 atom stereocenters. The second kappa shape index (κ2) is 3.36. The highest BCUT2D eigenvalue weighted by molar-refractivity contribution is 9.10. The summed E-state index contributed by atoms with van der Waals surface area (Å²) >= 11 is 9.17. The Morgan fingerprint density at radius 1 is 1.64 bits per heavy atom. The number of halogens is 2. The summed E-state index contributed by atoms with van der Waals surface area (Å²) in [6.45, 7) is 3.04. The first-order valence-electron chi connectivity index (χ1n) is 4.26. The highest BCUT2D eigenvalue weighted by atomic mass is 79.9. The molecule has 1 N–H and O–H groups in total. The Morgan fingerprint density at radius 3 is 2.79 bits per heavy atom. The van der Waals surface area contributed by atoms with E-state index in [0.717, 1.165) is 10.3 Å². The van der Waals surface area contributed by atoms with Crippen molar-refractivity contribution in [3.05, 3.63) is 21.8 Å². The van der Waals surface area contributed by atoms with E-state index in [1.54, 1.807) is 12.3 Å². The normalized spacial score (nSPS) is 19.3. The summed E-state index contributed by atoms with van der Waals surface area (Å²) in [4.78, 5) is 6.20. The quantitative estimate of drug-likeness (QED) is 0.854. The molecular weight excluding hydrogens is 267 g/mol. The zero-order valence-electron chi connectivity index (χ0n) is 7.67. The Labute approximate surface area is 95.8 Å². The van der Waals surface area contributed by atoms with Crippen molar-refractivity contribution in [3.63, 3.8) is 0 Å². The summed E-state index contributed by atoms with van der Waals surface area (Å²) in [5, 5.41) is 10.2. The van der Waals surface area contributed by atoms with Crippen LogP contribution in [0.3, 0.4) is 0 Å². The van der Waals surface area contributed by atoms with E-state index in [1.165, 1.54) is 0 Å². The Hall–Kier alpha value is -0.320. The van der Waals surface area contributed by atoms with Crippen LogP contribution in [0.4, 0.5) is 5.82 Å². The molecule has 1 aromatic heterocycles. The molecule has 0 unspecified atom stereocenters. The van der Waals surface area contributed by atoms with Gasteiger partial charge in [-0.3, -0.25) is 0 Å². The van der Waals surface area contributed by atoms with Gasteiger partial charge in [0.05, 0.1) is 15.1 Å². The number of anilines is 1. The van der Waals surface area contributed by atoms with Crippen LogP contribution < -0.4 is 4.90 Å². The molecule has 76 valence electrons. The van der Waals surface area contributed by atoms with Crippen LogP contribution in [0.1, 0.15) is 6.92 Å². The molecular formula is C9H10BrClN2O. The second-order valence-electron chi connectivity index (χ2n) is 3.81. The van der Waals surface area contributed by atoms with Crippen molar-refractivity contribution in [2.45, 2.75) is 12.5 Å². The van der Waals surface area contributed by atoms with E-state index in [9.17, 15) is 5.11 Å². The Balaban J connectivity index is 2.19. The van der Waals surface area contributed by atoms with Crippen molar-refractivity contribution >= 4 is 33.3 Å². The summed E-state index contributed by atoms with van der Waals surface area (Å²) in [5.74, 6) is 0.834. The monoisotopic (exact) mass is 276 g/mol. The van der Waals surface area contributed by atoms with E-state index in [4.69, 9.17) is 11.6 Å². The third-order valence-electron chi connectivity index (χ3n) is 2.15. The van der Waals surface area contributed by atoms with E-state index < -0.39 is 5.60 Å². The van der Waals surface area contributed by atoms with E-state index >= 15 is 0 Å². The van der Waals surface area contributed by atoms with Crippen molar-refractivity contribution in [2.24, 2.45) is 0 Å². The maximum atomic E-state index is 9.58. The first kappa shape index (κ1) is 10.2. The number of aromatic nitrogens is 1. The molecule has 2 rings (SSSR count). The fraction of sp³-hybridized carbons (Fsp3) is 0.444. The summed E-state index contributed by atoms with van der Waals surface area (Å²) < 4.78 is 0.862. The van der Waals surface area contributed by atoms with E-state index in [-0.39, 0.29) is 0 Å². The highest BCUT2D eigenvalue weighted by Gasteiger charge is 2.37. The van der Waals surface area contributed by atoms with Crippen LogP contribution in [0, 0.1) is 0 Å². The minimum absolute atomic E-state index is 0.583. The van der Waals surface area contributed by atoms with Crippen molar-refractivity contribution in [2.75, 3.05) is 18.0 Å². The van der Waals surface area contributed by atoms with Crippen LogP contribution in [0.2, 0.25) is 5.02 Å². The van der Waals surface area contributed by atoms with Gasteiger partial charge in [-0.25, -0.2) is 4.98 Å². The first-order valence-corrected chi connectivity index (χ1v) is 5.43. The predicted octanol–water partition coefficient (Wildman–Crippen LogP) is 2.07. The van der Waals surface area contributed by atoms with Crippen molar-refractivity contribution in [1.29, 1.82) is 0 Å². The smallest absolute Gasteiger partial charge is 0.143 e. The van der Waals surface area contributed by atoms with Gasteiger partial charge >= 0.3 is 0 Å². The topological polar surface area (TPSA) is 36.4 Å². The summed E-state index contributed by atoms with van der Waals surface area (Å²) in [7, 11) is 0. The summed E-state index contributed by atoms with van der Waals surface area (Å²) in [6.07, 6.45) is 1.61. The molecule has 5 heteroatoms. The van der Waals surface area contributed by atoms with Gasteiger partial charge < -0.3 is 10.0 Å². The van der Waals surface area contributed by atoms with Crippen LogP contribution in [-0.2, 0) is 0 Å². The Morgan fingerprint density at radius 2 is 2.29 bits per heavy atom. The van der Waals surface area contributed by atoms with Gasteiger partial charge in [-0.1, -0.05) is 11.6 Å². The molecule has 1 aromatic rings. The van der Waals surface area contributed by atoms with Crippen LogP contribution in [0.5, 0.6) is 0 Å². The van der Waals surface area contributed by atoms with Gasteiger partial charge in [0.25, 0.3) is 0 Å². The molecule has 14 heavy (non-hydrogen) atoms. The molecule has 3 nitrogen and oxygen atoms in total. The molecule has 0 radical (unpaired) electrons. The number of nitrogens with zero attached hydrogens (tertiary/aromatic N) is 2.